The van der Waals surface area contributed by atoms with Crippen LogP contribution in [0.15, 0.2) is 48.5 Å². The van der Waals surface area contributed by atoms with Crippen molar-refractivity contribution in [3.63, 3.8) is 0 Å². The Morgan fingerprint density at radius 1 is 1.17 bits per heavy atom. The van der Waals surface area contributed by atoms with Crippen LogP contribution in [-0.2, 0) is 24.2 Å². The normalized spacial score (nSPS) is 15.5. The minimum absolute atomic E-state index is 0.102. The summed E-state index contributed by atoms with van der Waals surface area (Å²) < 4.78 is 0. The zero-order valence-corrected chi connectivity index (χ0v) is 14.2. The second-order valence-corrected chi connectivity index (χ2v) is 6.45. The number of anilines is 1. The van der Waals surface area contributed by atoms with Crippen molar-refractivity contribution >= 4 is 11.6 Å². The van der Waals surface area contributed by atoms with Gasteiger partial charge < -0.3 is 11.1 Å². The summed E-state index contributed by atoms with van der Waals surface area (Å²) in [4.78, 5) is 14.7. The average Bonchev–Trinajstić information content (AvgIpc) is 2.62. The third-order valence-corrected chi connectivity index (χ3v) is 4.78. The van der Waals surface area contributed by atoms with Gasteiger partial charge in [0.05, 0.1) is 6.04 Å². The van der Waals surface area contributed by atoms with Crippen molar-refractivity contribution in [1.29, 1.82) is 0 Å². The summed E-state index contributed by atoms with van der Waals surface area (Å²) in [6.07, 6.45) is 1.83. The van der Waals surface area contributed by atoms with Crippen LogP contribution in [0.2, 0.25) is 0 Å². The first-order valence-corrected chi connectivity index (χ1v) is 8.56. The number of nitrogen functional groups attached to an aromatic ring is 1. The number of nitrogens with zero attached hydrogens (tertiary/aromatic N) is 1. The van der Waals surface area contributed by atoms with Gasteiger partial charge in [0.1, 0.15) is 0 Å². The number of benzene rings is 2. The van der Waals surface area contributed by atoms with Gasteiger partial charge in [0, 0.05) is 25.3 Å². The van der Waals surface area contributed by atoms with Crippen LogP contribution < -0.4 is 11.1 Å². The lowest BCUT2D eigenvalue weighted by molar-refractivity contribution is -0.126. The summed E-state index contributed by atoms with van der Waals surface area (Å²) in [6, 6.07) is 16.2. The molecule has 3 rings (SSSR count). The first-order valence-electron chi connectivity index (χ1n) is 8.56. The minimum atomic E-state index is -0.107. The molecule has 2 aromatic rings. The molecule has 1 atom stereocenters. The molecule has 3 N–H and O–H groups in total. The number of nitrogens with one attached hydrogen (secondary N) is 1. The Bertz CT molecular complexity index is 696. The summed E-state index contributed by atoms with van der Waals surface area (Å²) in [5, 5.41) is 3.05. The van der Waals surface area contributed by atoms with Gasteiger partial charge in [-0.25, -0.2) is 0 Å². The standard InChI is InChI=1S/C20H25N3O/c1-15(23-13-11-17-4-2-3-5-18(17)14-23)20(24)22-12-10-16-6-8-19(21)9-7-16/h2-9,15H,10-14,21H2,1H3,(H,22,24). The van der Waals surface area contributed by atoms with Gasteiger partial charge in [0.25, 0.3) is 0 Å². The Balaban J connectivity index is 1.49. The maximum Gasteiger partial charge on any atom is 0.237 e. The Kier molecular flexibility index (Phi) is 5.16. The van der Waals surface area contributed by atoms with E-state index in [0.29, 0.717) is 6.54 Å². The molecule has 0 radical (unpaired) electrons. The molecule has 0 bridgehead atoms. The molecule has 0 saturated heterocycles. The Labute approximate surface area is 143 Å². The molecule has 0 saturated carbocycles. The number of carbonyl (C=O) groups excluding carboxylic acids is 1. The fraction of sp³-hybridized carbons (Fsp3) is 0.350. The van der Waals surface area contributed by atoms with Gasteiger partial charge in [-0.1, -0.05) is 36.4 Å². The molecule has 0 aromatic heterocycles. The molecule has 0 fully saturated rings. The van der Waals surface area contributed by atoms with Crippen molar-refractivity contribution in [3.05, 3.63) is 65.2 Å². The molecule has 4 heteroatoms. The lowest BCUT2D eigenvalue weighted by Crippen LogP contribution is -2.47. The highest BCUT2D eigenvalue weighted by molar-refractivity contribution is 5.81. The third kappa shape index (κ3) is 3.95. The maximum atomic E-state index is 12.4. The highest BCUT2D eigenvalue weighted by Crippen LogP contribution is 2.20. The SMILES string of the molecule is CC(C(=O)NCCc1ccc(N)cc1)N1CCc2ccccc2C1. The van der Waals surface area contributed by atoms with Gasteiger partial charge >= 0.3 is 0 Å². The van der Waals surface area contributed by atoms with Crippen LogP contribution in [0.1, 0.15) is 23.6 Å². The number of hydrogen-bond donors (Lipinski definition) is 2. The Morgan fingerprint density at radius 2 is 1.88 bits per heavy atom. The predicted molar refractivity (Wildman–Crippen MR) is 97.6 cm³/mol. The predicted octanol–water partition coefficient (Wildman–Crippen LogP) is 2.37. The Hall–Kier alpha value is -2.33. The van der Waals surface area contributed by atoms with Crippen molar-refractivity contribution < 1.29 is 4.79 Å². The molecule has 4 nitrogen and oxygen atoms in total. The van der Waals surface area contributed by atoms with E-state index in [0.717, 1.165) is 31.6 Å². The first-order chi connectivity index (χ1) is 11.6. The summed E-state index contributed by atoms with van der Waals surface area (Å²) in [5.41, 5.74) is 10.4. The number of fused-ring (bicyclic) bond motifs is 1. The topological polar surface area (TPSA) is 58.4 Å². The Morgan fingerprint density at radius 3 is 2.62 bits per heavy atom. The molecular formula is C20H25N3O. The molecule has 24 heavy (non-hydrogen) atoms. The summed E-state index contributed by atoms with van der Waals surface area (Å²) >= 11 is 0. The molecule has 1 aliphatic rings. The molecule has 0 aliphatic carbocycles. The second-order valence-electron chi connectivity index (χ2n) is 6.45. The lowest BCUT2D eigenvalue weighted by Gasteiger charge is -2.32. The number of carbonyl (C=O) groups is 1. The molecule has 1 heterocycles. The molecule has 0 spiro atoms. The molecule has 2 aromatic carbocycles. The van der Waals surface area contributed by atoms with E-state index in [1.54, 1.807) is 0 Å². The molecular weight excluding hydrogens is 298 g/mol. The summed E-state index contributed by atoms with van der Waals surface area (Å²) in [5.74, 6) is 0.102. The fourth-order valence-electron chi connectivity index (χ4n) is 3.18. The van der Waals surface area contributed by atoms with Crippen molar-refractivity contribution in [2.24, 2.45) is 0 Å². The van der Waals surface area contributed by atoms with E-state index in [4.69, 9.17) is 5.73 Å². The van der Waals surface area contributed by atoms with Crippen LogP contribution in [-0.4, -0.2) is 29.9 Å². The van der Waals surface area contributed by atoms with Crippen LogP contribution in [0.5, 0.6) is 0 Å². The zero-order chi connectivity index (χ0) is 16.9. The minimum Gasteiger partial charge on any atom is -0.399 e. The summed E-state index contributed by atoms with van der Waals surface area (Å²) in [6.45, 7) is 4.43. The smallest absolute Gasteiger partial charge is 0.237 e. The van der Waals surface area contributed by atoms with E-state index in [9.17, 15) is 4.79 Å². The van der Waals surface area contributed by atoms with E-state index < -0.39 is 0 Å². The monoisotopic (exact) mass is 323 g/mol. The van der Waals surface area contributed by atoms with Crippen molar-refractivity contribution in [3.8, 4) is 0 Å². The number of hydrogen-bond acceptors (Lipinski definition) is 3. The third-order valence-electron chi connectivity index (χ3n) is 4.78. The van der Waals surface area contributed by atoms with Gasteiger partial charge in [0.2, 0.25) is 5.91 Å². The van der Waals surface area contributed by atoms with Gasteiger partial charge in [-0.3, -0.25) is 9.69 Å². The van der Waals surface area contributed by atoms with Gasteiger partial charge in [-0.2, -0.15) is 0 Å². The zero-order valence-electron chi connectivity index (χ0n) is 14.2. The van der Waals surface area contributed by atoms with Crippen LogP contribution in [0, 0.1) is 0 Å². The fourth-order valence-corrected chi connectivity index (χ4v) is 3.18. The van der Waals surface area contributed by atoms with Crippen molar-refractivity contribution in [1.82, 2.24) is 10.2 Å². The van der Waals surface area contributed by atoms with Gasteiger partial charge in [0.15, 0.2) is 0 Å². The maximum absolute atomic E-state index is 12.4. The van der Waals surface area contributed by atoms with Crippen LogP contribution in [0.3, 0.4) is 0 Å². The van der Waals surface area contributed by atoms with Gasteiger partial charge in [-0.05, 0) is 48.6 Å². The largest absolute Gasteiger partial charge is 0.399 e. The number of nitrogens with two attached hydrogens (primary N) is 1. The highest BCUT2D eigenvalue weighted by Gasteiger charge is 2.24. The van der Waals surface area contributed by atoms with Gasteiger partial charge in [-0.15, -0.1) is 0 Å². The number of rotatable bonds is 5. The lowest BCUT2D eigenvalue weighted by atomic mass is 9.99. The van der Waals surface area contributed by atoms with E-state index in [1.807, 2.05) is 31.2 Å². The van der Waals surface area contributed by atoms with Crippen molar-refractivity contribution in [2.75, 3.05) is 18.8 Å². The second kappa shape index (κ2) is 7.49. The quantitative estimate of drug-likeness (QED) is 0.831. The average molecular weight is 323 g/mol. The van der Waals surface area contributed by atoms with Crippen LogP contribution >= 0.6 is 0 Å². The van der Waals surface area contributed by atoms with Crippen molar-refractivity contribution in [2.45, 2.75) is 32.4 Å². The molecule has 1 unspecified atom stereocenters. The highest BCUT2D eigenvalue weighted by atomic mass is 16.2. The summed E-state index contributed by atoms with van der Waals surface area (Å²) in [7, 11) is 0. The van der Waals surface area contributed by atoms with Crippen LogP contribution in [0.4, 0.5) is 5.69 Å². The first kappa shape index (κ1) is 16.5. The molecule has 1 amide bonds. The molecule has 1 aliphatic heterocycles. The van der Waals surface area contributed by atoms with E-state index >= 15 is 0 Å². The van der Waals surface area contributed by atoms with E-state index in [1.165, 1.54) is 16.7 Å². The molecule has 126 valence electrons. The van der Waals surface area contributed by atoms with E-state index in [-0.39, 0.29) is 11.9 Å². The van der Waals surface area contributed by atoms with E-state index in [2.05, 4.69) is 34.5 Å². The van der Waals surface area contributed by atoms with Crippen LogP contribution in [0.25, 0.3) is 0 Å². The number of amides is 1.